The minimum Gasteiger partial charge on any atom is -0.361 e. The molecular formula is C32H30N8OS2. The van der Waals surface area contributed by atoms with Crippen molar-refractivity contribution in [2.75, 3.05) is 10.6 Å². The Balaban J connectivity index is 1.10. The number of rotatable bonds is 10. The average molecular weight is 607 g/mol. The lowest BCUT2D eigenvalue weighted by atomic mass is 10.3. The quantitative estimate of drug-likeness (QED) is 0.159. The first-order valence-electron chi connectivity index (χ1n) is 13.8. The summed E-state index contributed by atoms with van der Waals surface area (Å²) in [7, 11) is 0. The number of thiazole rings is 2. The third-order valence-corrected chi connectivity index (χ3v) is 8.86. The van der Waals surface area contributed by atoms with E-state index in [2.05, 4.69) is 30.6 Å². The van der Waals surface area contributed by atoms with Crippen molar-refractivity contribution in [1.29, 1.82) is 0 Å². The van der Waals surface area contributed by atoms with Gasteiger partial charge in [-0.2, -0.15) is 0 Å². The summed E-state index contributed by atoms with van der Waals surface area (Å²) < 4.78 is 6.36. The van der Waals surface area contributed by atoms with Crippen LogP contribution in [-0.4, -0.2) is 29.9 Å². The fourth-order valence-electron chi connectivity index (χ4n) is 4.37. The number of aromatic nitrogens is 6. The van der Waals surface area contributed by atoms with E-state index in [0.29, 0.717) is 0 Å². The highest BCUT2D eigenvalue weighted by Gasteiger charge is 2.20. The molecule has 216 valence electrons. The van der Waals surface area contributed by atoms with Crippen LogP contribution >= 0.6 is 22.7 Å². The van der Waals surface area contributed by atoms with Gasteiger partial charge in [-0.15, -0.1) is 22.7 Å². The van der Waals surface area contributed by atoms with Gasteiger partial charge in [-0.05, 0) is 87.4 Å². The Kier molecular flexibility index (Phi) is 8.45. The van der Waals surface area contributed by atoms with Gasteiger partial charge in [0.25, 0.3) is 0 Å². The summed E-state index contributed by atoms with van der Waals surface area (Å²) in [5.74, 6) is 2.97. The van der Waals surface area contributed by atoms with Crippen molar-refractivity contribution in [3.63, 3.8) is 0 Å². The summed E-state index contributed by atoms with van der Waals surface area (Å²) in [6.45, 7) is 8.09. The standard InChI is InChI=1S/C32H30N8OS2/c1-19-11-13-33-29(15-19)39-27-9-5-7-23(37-27)25-17-35-31(42-25)21(3)41-22(4)32-36-18-26(43-32)24-8-6-10-28(38-24)40-30-16-20(2)12-14-34-30/h5-18,21-22H,1-4H3,(H,33,37,39)(H,34,38,40)/t21-,22-/m0/s1. The Hall–Kier alpha value is -4.58. The van der Waals surface area contributed by atoms with Crippen molar-refractivity contribution in [1.82, 2.24) is 29.9 Å². The van der Waals surface area contributed by atoms with Crippen molar-refractivity contribution in [3.8, 4) is 21.1 Å². The molecule has 0 saturated carbocycles. The van der Waals surface area contributed by atoms with Crippen molar-refractivity contribution < 1.29 is 4.74 Å². The molecule has 0 spiro atoms. The Morgan fingerprint density at radius 1 is 0.605 bits per heavy atom. The van der Waals surface area contributed by atoms with Gasteiger partial charge < -0.3 is 15.4 Å². The van der Waals surface area contributed by atoms with Crippen LogP contribution in [0, 0.1) is 13.8 Å². The van der Waals surface area contributed by atoms with Crippen LogP contribution in [0.1, 0.15) is 47.2 Å². The normalized spacial score (nSPS) is 12.6. The number of nitrogens with one attached hydrogen (secondary N) is 2. The van der Waals surface area contributed by atoms with Crippen LogP contribution in [0.15, 0.2) is 85.5 Å². The molecule has 0 aliphatic rings. The second kappa shape index (κ2) is 12.7. The van der Waals surface area contributed by atoms with Gasteiger partial charge in [-0.3, -0.25) is 0 Å². The van der Waals surface area contributed by atoms with Crippen LogP contribution in [0.25, 0.3) is 21.1 Å². The van der Waals surface area contributed by atoms with Gasteiger partial charge in [0.15, 0.2) is 0 Å². The third kappa shape index (κ3) is 7.08. The number of hydrogen-bond donors (Lipinski definition) is 2. The second-order valence-electron chi connectivity index (χ2n) is 10.0. The van der Waals surface area contributed by atoms with Crippen LogP contribution in [0.2, 0.25) is 0 Å². The molecule has 0 bridgehead atoms. The Morgan fingerprint density at radius 2 is 1.07 bits per heavy atom. The van der Waals surface area contributed by atoms with Gasteiger partial charge in [-0.1, -0.05) is 12.1 Å². The molecule has 0 aromatic carbocycles. The molecule has 43 heavy (non-hydrogen) atoms. The van der Waals surface area contributed by atoms with Crippen molar-refractivity contribution >= 4 is 45.9 Å². The van der Waals surface area contributed by atoms with Crippen LogP contribution in [0.3, 0.4) is 0 Å². The number of ether oxygens (including phenoxy) is 1. The van der Waals surface area contributed by atoms with E-state index < -0.39 is 0 Å². The smallest absolute Gasteiger partial charge is 0.132 e. The second-order valence-corrected chi connectivity index (χ2v) is 12.2. The average Bonchev–Trinajstić information content (AvgIpc) is 3.69. The van der Waals surface area contributed by atoms with Gasteiger partial charge in [0.05, 0.1) is 21.1 Å². The van der Waals surface area contributed by atoms with Crippen molar-refractivity contribution in [2.24, 2.45) is 0 Å². The van der Waals surface area contributed by atoms with E-state index in [0.717, 1.165) is 65.6 Å². The summed E-state index contributed by atoms with van der Waals surface area (Å²) in [5.41, 5.74) is 3.95. The molecule has 6 aromatic heterocycles. The highest BCUT2D eigenvalue weighted by molar-refractivity contribution is 7.15. The van der Waals surface area contributed by atoms with E-state index in [1.807, 2.05) is 101 Å². The maximum absolute atomic E-state index is 6.36. The molecule has 6 heterocycles. The minimum atomic E-state index is -0.216. The van der Waals surface area contributed by atoms with Crippen LogP contribution in [0.4, 0.5) is 23.3 Å². The lowest BCUT2D eigenvalue weighted by Gasteiger charge is -2.15. The van der Waals surface area contributed by atoms with Gasteiger partial charge in [0.2, 0.25) is 0 Å². The van der Waals surface area contributed by atoms with Crippen molar-refractivity contribution in [3.05, 3.63) is 107 Å². The first-order chi connectivity index (χ1) is 20.9. The van der Waals surface area contributed by atoms with Gasteiger partial charge in [-0.25, -0.2) is 29.9 Å². The predicted octanol–water partition coefficient (Wildman–Crippen LogP) is 8.46. The molecule has 2 atom stereocenters. The van der Waals surface area contributed by atoms with Gasteiger partial charge >= 0.3 is 0 Å². The summed E-state index contributed by atoms with van der Waals surface area (Å²) >= 11 is 3.15. The Bertz CT molecular complexity index is 1720. The molecule has 6 rings (SSSR count). The largest absolute Gasteiger partial charge is 0.361 e. The summed E-state index contributed by atoms with van der Waals surface area (Å²) in [6.07, 6.45) is 6.83. The Labute approximate surface area is 258 Å². The van der Waals surface area contributed by atoms with Crippen LogP contribution < -0.4 is 10.6 Å². The number of nitrogens with zero attached hydrogens (tertiary/aromatic N) is 6. The molecule has 0 radical (unpaired) electrons. The molecule has 11 heteroatoms. The van der Waals surface area contributed by atoms with E-state index in [1.165, 1.54) is 0 Å². The SMILES string of the molecule is Cc1ccnc(Nc2cccc(-c3cnc([C@H](C)O[C@@H](C)c4ncc(-c5cccc(Nc6cc(C)ccn6)n5)s4)s3)n2)c1. The van der Waals surface area contributed by atoms with E-state index in [9.17, 15) is 0 Å². The lowest BCUT2D eigenvalue weighted by Crippen LogP contribution is -2.04. The number of anilines is 4. The molecule has 0 fully saturated rings. The third-order valence-electron chi connectivity index (χ3n) is 6.50. The fourth-order valence-corrected chi connectivity index (χ4v) is 6.12. The first-order valence-corrected chi connectivity index (χ1v) is 15.4. The van der Waals surface area contributed by atoms with E-state index in [4.69, 9.17) is 14.7 Å². The van der Waals surface area contributed by atoms with Gasteiger partial charge in [0.1, 0.15) is 45.5 Å². The molecule has 0 aliphatic carbocycles. The maximum atomic E-state index is 6.36. The van der Waals surface area contributed by atoms with Crippen LogP contribution in [0.5, 0.6) is 0 Å². The van der Waals surface area contributed by atoms with Gasteiger partial charge in [0, 0.05) is 24.8 Å². The summed E-state index contributed by atoms with van der Waals surface area (Å²) in [4.78, 5) is 29.5. The zero-order chi connectivity index (χ0) is 29.8. The molecular weight excluding hydrogens is 577 g/mol. The zero-order valence-corrected chi connectivity index (χ0v) is 25.8. The molecule has 6 aromatic rings. The Morgan fingerprint density at radius 3 is 1.51 bits per heavy atom. The van der Waals surface area contributed by atoms with Crippen LogP contribution in [-0.2, 0) is 4.74 Å². The molecule has 9 nitrogen and oxygen atoms in total. The predicted molar refractivity (Wildman–Crippen MR) is 173 cm³/mol. The molecule has 0 amide bonds. The number of pyridine rings is 4. The monoisotopic (exact) mass is 606 g/mol. The zero-order valence-electron chi connectivity index (χ0n) is 24.1. The minimum absolute atomic E-state index is 0.216. The number of hydrogen-bond acceptors (Lipinski definition) is 11. The van der Waals surface area contributed by atoms with E-state index in [1.54, 1.807) is 35.1 Å². The topological polar surface area (TPSA) is 111 Å². The number of aryl methyl sites for hydroxylation is 2. The summed E-state index contributed by atoms with van der Waals surface area (Å²) in [5, 5.41) is 8.32. The van der Waals surface area contributed by atoms with Crippen molar-refractivity contribution in [2.45, 2.75) is 39.9 Å². The highest BCUT2D eigenvalue weighted by Crippen LogP contribution is 2.35. The molecule has 0 unspecified atom stereocenters. The molecule has 0 aliphatic heterocycles. The summed E-state index contributed by atoms with van der Waals surface area (Å²) in [6, 6.07) is 19.7. The molecule has 0 saturated heterocycles. The maximum Gasteiger partial charge on any atom is 0.132 e. The van der Waals surface area contributed by atoms with E-state index >= 15 is 0 Å². The highest BCUT2D eigenvalue weighted by atomic mass is 32.1. The fraction of sp³-hybridized carbons (Fsp3) is 0.188. The molecule has 2 N–H and O–H groups in total. The van der Waals surface area contributed by atoms with E-state index in [-0.39, 0.29) is 12.2 Å². The lowest BCUT2D eigenvalue weighted by molar-refractivity contribution is 0.00565. The first kappa shape index (κ1) is 28.5.